The zero-order valence-corrected chi connectivity index (χ0v) is 15.0. The molecular formula is C18H30N2O3. The summed E-state index contributed by atoms with van der Waals surface area (Å²) < 4.78 is 5.32. The molecule has 1 amide bonds. The summed E-state index contributed by atoms with van der Waals surface area (Å²) in [4.78, 5) is 11.9. The SMILES string of the molecule is CC(NCC(NC(=O)OC(C)(C)C)C(C)C)c1ccc(O)cc1. The molecule has 0 heterocycles. The van der Waals surface area contributed by atoms with Gasteiger partial charge in [-0.3, -0.25) is 0 Å². The minimum Gasteiger partial charge on any atom is -0.508 e. The maximum Gasteiger partial charge on any atom is 0.407 e. The number of phenolic OH excluding ortho intramolecular Hbond substituents is 1. The number of hydrogen-bond acceptors (Lipinski definition) is 4. The summed E-state index contributed by atoms with van der Waals surface area (Å²) in [7, 11) is 0. The van der Waals surface area contributed by atoms with Gasteiger partial charge in [0.25, 0.3) is 0 Å². The Morgan fingerprint density at radius 3 is 2.22 bits per heavy atom. The molecule has 0 radical (unpaired) electrons. The van der Waals surface area contributed by atoms with Crippen LogP contribution < -0.4 is 10.6 Å². The van der Waals surface area contributed by atoms with Gasteiger partial charge in [-0.2, -0.15) is 0 Å². The number of phenols is 1. The van der Waals surface area contributed by atoms with Gasteiger partial charge in [0, 0.05) is 18.6 Å². The van der Waals surface area contributed by atoms with Crippen LogP contribution >= 0.6 is 0 Å². The van der Waals surface area contributed by atoms with E-state index in [0.29, 0.717) is 6.54 Å². The first-order valence-corrected chi connectivity index (χ1v) is 8.10. The molecule has 0 saturated heterocycles. The molecule has 1 aromatic carbocycles. The number of rotatable bonds is 6. The fourth-order valence-corrected chi connectivity index (χ4v) is 2.10. The van der Waals surface area contributed by atoms with Crippen LogP contribution in [0.4, 0.5) is 4.79 Å². The van der Waals surface area contributed by atoms with E-state index in [2.05, 4.69) is 31.4 Å². The molecule has 0 aliphatic carbocycles. The number of carbonyl (C=O) groups excluding carboxylic acids is 1. The van der Waals surface area contributed by atoms with Gasteiger partial charge in [0.05, 0.1) is 0 Å². The number of nitrogens with one attached hydrogen (secondary N) is 2. The number of aromatic hydroxyl groups is 1. The second-order valence-electron chi connectivity index (χ2n) is 7.22. The average molecular weight is 322 g/mol. The fraction of sp³-hybridized carbons (Fsp3) is 0.611. The van der Waals surface area contributed by atoms with Gasteiger partial charge in [-0.15, -0.1) is 0 Å². The van der Waals surface area contributed by atoms with Crippen molar-refractivity contribution < 1.29 is 14.6 Å². The molecule has 0 saturated carbocycles. The Hall–Kier alpha value is -1.75. The van der Waals surface area contributed by atoms with E-state index < -0.39 is 11.7 Å². The molecule has 5 nitrogen and oxygen atoms in total. The molecule has 0 aliphatic rings. The Morgan fingerprint density at radius 1 is 1.17 bits per heavy atom. The maximum absolute atomic E-state index is 11.9. The lowest BCUT2D eigenvalue weighted by atomic mass is 10.0. The van der Waals surface area contributed by atoms with Crippen LogP contribution in [0.25, 0.3) is 0 Å². The molecule has 23 heavy (non-hydrogen) atoms. The molecule has 0 bridgehead atoms. The number of amides is 1. The van der Waals surface area contributed by atoms with Crippen LogP contribution in [0.15, 0.2) is 24.3 Å². The second-order valence-corrected chi connectivity index (χ2v) is 7.22. The topological polar surface area (TPSA) is 70.6 Å². The smallest absolute Gasteiger partial charge is 0.407 e. The molecule has 0 fully saturated rings. The zero-order chi connectivity index (χ0) is 17.6. The van der Waals surface area contributed by atoms with E-state index in [0.717, 1.165) is 5.56 Å². The van der Waals surface area contributed by atoms with Crippen molar-refractivity contribution in [1.82, 2.24) is 10.6 Å². The molecule has 2 atom stereocenters. The minimum absolute atomic E-state index is 0.0237. The van der Waals surface area contributed by atoms with E-state index in [9.17, 15) is 9.90 Å². The summed E-state index contributed by atoms with van der Waals surface area (Å²) in [6, 6.07) is 7.22. The number of carbonyl (C=O) groups is 1. The molecule has 0 aromatic heterocycles. The van der Waals surface area contributed by atoms with Crippen LogP contribution in [0.5, 0.6) is 5.75 Å². The van der Waals surface area contributed by atoms with Crippen molar-refractivity contribution in [2.45, 2.75) is 59.2 Å². The van der Waals surface area contributed by atoms with Gasteiger partial charge in [0.1, 0.15) is 11.4 Å². The van der Waals surface area contributed by atoms with E-state index in [-0.39, 0.29) is 23.8 Å². The maximum atomic E-state index is 11.9. The Balaban J connectivity index is 2.56. The van der Waals surface area contributed by atoms with E-state index in [1.165, 1.54) is 0 Å². The summed E-state index contributed by atoms with van der Waals surface area (Å²) in [5.74, 6) is 0.537. The van der Waals surface area contributed by atoms with Crippen molar-refractivity contribution in [2.75, 3.05) is 6.54 Å². The number of hydrogen-bond donors (Lipinski definition) is 3. The second kappa shape index (κ2) is 8.20. The predicted molar refractivity (Wildman–Crippen MR) is 92.5 cm³/mol. The summed E-state index contributed by atoms with van der Waals surface area (Å²) in [6.45, 7) is 12.4. The van der Waals surface area contributed by atoms with Crippen molar-refractivity contribution in [3.8, 4) is 5.75 Å². The first-order valence-electron chi connectivity index (χ1n) is 8.10. The van der Waals surface area contributed by atoms with Crippen molar-refractivity contribution in [2.24, 2.45) is 5.92 Å². The van der Waals surface area contributed by atoms with Crippen LogP contribution in [0, 0.1) is 5.92 Å². The van der Waals surface area contributed by atoms with E-state index >= 15 is 0 Å². The molecular weight excluding hydrogens is 292 g/mol. The van der Waals surface area contributed by atoms with Gasteiger partial charge in [0.15, 0.2) is 0 Å². The molecule has 1 rings (SSSR count). The Kier molecular flexibility index (Phi) is 6.88. The third-order valence-corrected chi connectivity index (χ3v) is 3.54. The third-order valence-electron chi connectivity index (χ3n) is 3.54. The highest BCUT2D eigenvalue weighted by Crippen LogP contribution is 2.16. The van der Waals surface area contributed by atoms with Gasteiger partial charge in [-0.05, 0) is 51.3 Å². The zero-order valence-electron chi connectivity index (χ0n) is 15.0. The highest BCUT2D eigenvalue weighted by Gasteiger charge is 2.21. The predicted octanol–water partition coefficient (Wildman–Crippen LogP) is 3.59. The number of benzene rings is 1. The largest absolute Gasteiger partial charge is 0.508 e. The van der Waals surface area contributed by atoms with Gasteiger partial charge >= 0.3 is 6.09 Å². The van der Waals surface area contributed by atoms with Gasteiger partial charge in [0.2, 0.25) is 0 Å². The van der Waals surface area contributed by atoms with Crippen LogP contribution in [0.2, 0.25) is 0 Å². The quantitative estimate of drug-likeness (QED) is 0.748. The molecule has 0 aliphatic heterocycles. The molecule has 5 heteroatoms. The summed E-state index contributed by atoms with van der Waals surface area (Å²) >= 11 is 0. The summed E-state index contributed by atoms with van der Waals surface area (Å²) in [5.41, 5.74) is 0.584. The highest BCUT2D eigenvalue weighted by molar-refractivity contribution is 5.68. The monoisotopic (exact) mass is 322 g/mol. The molecule has 2 unspecified atom stereocenters. The Morgan fingerprint density at radius 2 is 1.74 bits per heavy atom. The molecule has 1 aromatic rings. The normalized spacial score (nSPS) is 14.4. The Bertz CT molecular complexity index is 492. The third kappa shape index (κ3) is 7.37. The Labute approximate surface area is 139 Å². The van der Waals surface area contributed by atoms with Crippen molar-refractivity contribution in [3.63, 3.8) is 0 Å². The molecule has 130 valence electrons. The van der Waals surface area contributed by atoms with Crippen LogP contribution in [0.3, 0.4) is 0 Å². The van der Waals surface area contributed by atoms with E-state index in [1.54, 1.807) is 12.1 Å². The van der Waals surface area contributed by atoms with Crippen LogP contribution in [0.1, 0.15) is 53.1 Å². The van der Waals surface area contributed by atoms with Gasteiger partial charge < -0.3 is 20.5 Å². The first-order chi connectivity index (χ1) is 10.6. The lowest BCUT2D eigenvalue weighted by molar-refractivity contribution is 0.0489. The van der Waals surface area contributed by atoms with Crippen LogP contribution in [-0.2, 0) is 4.74 Å². The molecule has 0 spiro atoms. The van der Waals surface area contributed by atoms with Crippen LogP contribution in [-0.4, -0.2) is 29.4 Å². The summed E-state index contributed by atoms with van der Waals surface area (Å²) in [6.07, 6.45) is -0.393. The van der Waals surface area contributed by atoms with Crippen molar-refractivity contribution >= 4 is 6.09 Å². The minimum atomic E-state index is -0.502. The van der Waals surface area contributed by atoms with Crippen molar-refractivity contribution in [1.29, 1.82) is 0 Å². The number of ether oxygens (including phenoxy) is 1. The molecule has 3 N–H and O–H groups in total. The van der Waals surface area contributed by atoms with Gasteiger partial charge in [-0.25, -0.2) is 4.79 Å². The highest BCUT2D eigenvalue weighted by atomic mass is 16.6. The van der Waals surface area contributed by atoms with E-state index in [1.807, 2.05) is 32.9 Å². The van der Waals surface area contributed by atoms with Gasteiger partial charge in [-0.1, -0.05) is 26.0 Å². The lowest BCUT2D eigenvalue weighted by Crippen LogP contribution is -2.47. The summed E-state index contributed by atoms with van der Waals surface area (Å²) in [5, 5.41) is 15.7. The standard InChI is InChI=1S/C18H30N2O3/c1-12(2)16(20-17(22)23-18(4,5)6)11-19-13(3)14-7-9-15(21)10-8-14/h7-10,12-13,16,19,21H,11H2,1-6H3,(H,20,22). The lowest BCUT2D eigenvalue weighted by Gasteiger charge is -2.27. The van der Waals surface area contributed by atoms with Crippen molar-refractivity contribution in [3.05, 3.63) is 29.8 Å². The average Bonchev–Trinajstić information content (AvgIpc) is 2.41. The fourth-order valence-electron chi connectivity index (χ4n) is 2.10. The number of alkyl carbamates (subject to hydrolysis) is 1. The van der Waals surface area contributed by atoms with E-state index in [4.69, 9.17) is 4.74 Å². The first kappa shape index (κ1) is 19.3.